The van der Waals surface area contributed by atoms with Gasteiger partial charge in [0, 0.05) is 24.1 Å². The molecule has 10 heteroatoms. The van der Waals surface area contributed by atoms with Crippen LogP contribution in [0.4, 0.5) is 13.2 Å². The topological polar surface area (TPSA) is 86.3 Å². The van der Waals surface area contributed by atoms with E-state index < -0.39 is 15.6 Å². The van der Waals surface area contributed by atoms with Crippen LogP contribution in [-0.4, -0.2) is 48.5 Å². The number of benzene rings is 2. The summed E-state index contributed by atoms with van der Waals surface area (Å²) in [7, 11) is -6.09. The molecule has 0 radical (unpaired) electrons. The van der Waals surface area contributed by atoms with Gasteiger partial charge in [-0.15, -0.1) is 0 Å². The van der Waals surface area contributed by atoms with Crippen LogP contribution in [0.25, 0.3) is 0 Å². The van der Waals surface area contributed by atoms with E-state index in [0.29, 0.717) is 6.54 Å². The Morgan fingerprint density at radius 3 is 1.79 bits per heavy atom. The molecule has 0 unspecified atom stereocenters. The molecule has 0 atom stereocenters. The highest BCUT2D eigenvalue weighted by Gasteiger charge is 2.36. The first-order chi connectivity index (χ1) is 15.4. The van der Waals surface area contributed by atoms with Gasteiger partial charge in [-0.05, 0) is 13.0 Å². The zero-order valence-electron chi connectivity index (χ0n) is 18.4. The molecule has 0 aromatic heterocycles. The van der Waals surface area contributed by atoms with Gasteiger partial charge in [-0.25, -0.2) is 8.42 Å². The van der Waals surface area contributed by atoms with Crippen molar-refractivity contribution in [2.45, 2.75) is 31.9 Å². The largest absolute Gasteiger partial charge is 0.741 e. The zero-order chi connectivity index (χ0) is 25.0. The number of hydrogen-bond donors (Lipinski definition) is 1. The average Bonchev–Trinajstić information content (AvgIpc) is 2.77. The van der Waals surface area contributed by atoms with E-state index in [1.807, 2.05) is 0 Å². The molecule has 0 aliphatic rings. The number of quaternary nitrogens is 1. The Hall–Kier alpha value is -2.69. The fourth-order valence-electron chi connectivity index (χ4n) is 3.24. The van der Waals surface area contributed by atoms with Gasteiger partial charge in [0.15, 0.2) is 10.1 Å². The third kappa shape index (κ3) is 10.6. The standard InChI is InChI=1S/C22H28N2O.CHF3O3S/c1-3-22(25)23-16-11-17-24(4-2,18-20-12-7-5-8-13-20)19-21-14-9-6-10-15-21;2-1(3,4)8(5,6)7/h3,5-10,12-15H,1,4,11,16-19H2,2H3;(H,5,6,7). The highest BCUT2D eigenvalue weighted by atomic mass is 32.2. The summed E-state index contributed by atoms with van der Waals surface area (Å²) in [4.78, 5) is 11.4. The predicted molar refractivity (Wildman–Crippen MR) is 120 cm³/mol. The summed E-state index contributed by atoms with van der Waals surface area (Å²) in [5.41, 5.74) is -2.93. The number of rotatable bonds is 10. The van der Waals surface area contributed by atoms with Gasteiger partial charge in [0.2, 0.25) is 5.91 Å². The van der Waals surface area contributed by atoms with E-state index in [9.17, 15) is 18.0 Å². The van der Waals surface area contributed by atoms with Gasteiger partial charge in [-0.3, -0.25) is 4.79 Å². The third-order valence-corrected chi connectivity index (χ3v) is 5.54. The Kier molecular flexibility index (Phi) is 11.3. The number of alkyl halides is 3. The lowest BCUT2D eigenvalue weighted by atomic mass is 10.1. The van der Waals surface area contributed by atoms with Crippen LogP contribution in [0.2, 0.25) is 0 Å². The lowest BCUT2D eigenvalue weighted by molar-refractivity contribution is -0.952. The van der Waals surface area contributed by atoms with Crippen molar-refractivity contribution in [3.63, 3.8) is 0 Å². The second-order valence-electron chi connectivity index (χ2n) is 7.42. The van der Waals surface area contributed by atoms with E-state index in [2.05, 4.69) is 79.5 Å². The van der Waals surface area contributed by atoms with Gasteiger partial charge in [0.25, 0.3) is 0 Å². The van der Waals surface area contributed by atoms with Gasteiger partial charge >= 0.3 is 5.51 Å². The summed E-state index contributed by atoms with van der Waals surface area (Å²) in [6, 6.07) is 21.3. The Morgan fingerprint density at radius 1 is 1.03 bits per heavy atom. The van der Waals surface area contributed by atoms with Crippen LogP contribution in [0.5, 0.6) is 0 Å². The molecule has 182 valence electrons. The molecule has 6 nitrogen and oxygen atoms in total. The van der Waals surface area contributed by atoms with Gasteiger partial charge in [-0.2, -0.15) is 13.2 Å². The molecule has 0 aliphatic carbocycles. The Morgan fingerprint density at radius 2 is 1.45 bits per heavy atom. The van der Waals surface area contributed by atoms with Crippen molar-refractivity contribution in [1.82, 2.24) is 5.32 Å². The molecule has 2 aromatic rings. The molecule has 33 heavy (non-hydrogen) atoms. The van der Waals surface area contributed by atoms with Crippen LogP contribution in [-0.2, 0) is 28.0 Å². The Balaban J connectivity index is 0.000000582. The van der Waals surface area contributed by atoms with Crippen molar-refractivity contribution in [2.24, 2.45) is 0 Å². The Labute approximate surface area is 193 Å². The predicted octanol–water partition coefficient (Wildman–Crippen LogP) is 3.97. The zero-order valence-corrected chi connectivity index (χ0v) is 19.2. The van der Waals surface area contributed by atoms with Crippen LogP contribution in [0.1, 0.15) is 24.5 Å². The molecular weight excluding hydrogens is 457 g/mol. The van der Waals surface area contributed by atoms with Gasteiger partial charge in [0.05, 0.1) is 13.1 Å². The monoisotopic (exact) mass is 486 g/mol. The molecule has 0 spiro atoms. The molecule has 1 N–H and O–H groups in total. The maximum atomic E-state index is 11.4. The fourth-order valence-corrected chi connectivity index (χ4v) is 3.24. The number of amides is 1. The van der Waals surface area contributed by atoms with Gasteiger partial charge in [0.1, 0.15) is 13.1 Å². The molecule has 2 rings (SSSR count). The van der Waals surface area contributed by atoms with Crippen LogP contribution < -0.4 is 5.32 Å². The molecule has 1 amide bonds. The summed E-state index contributed by atoms with van der Waals surface area (Å²) >= 11 is 0. The summed E-state index contributed by atoms with van der Waals surface area (Å²) in [5, 5.41) is 2.89. The second-order valence-corrected chi connectivity index (χ2v) is 8.79. The fraction of sp³-hybridized carbons (Fsp3) is 0.348. The van der Waals surface area contributed by atoms with Gasteiger partial charge in [-0.1, -0.05) is 67.2 Å². The minimum atomic E-state index is -6.09. The lowest BCUT2D eigenvalue weighted by Gasteiger charge is -2.38. The van der Waals surface area contributed by atoms with E-state index in [0.717, 1.165) is 37.1 Å². The number of nitrogens with zero attached hydrogens (tertiary/aromatic N) is 1. The third-order valence-electron chi connectivity index (χ3n) is 4.97. The SMILES string of the molecule is C=CC(=O)NCCC[N+](CC)(Cc1ccccc1)Cc1ccccc1.O=S(=O)([O-])C(F)(F)F. The summed E-state index contributed by atoms with van der Waals surface area (Å²) in [5.74, 6) is -0.0966. The number of hydrogen-bond acceptors (Lipinski definition) is 4. The number of nitrogens with one attached hydrogen (secondary N) is 1. The van der Waals surface area contributed by atoms with Crippen LogP contribution >= 0.6 is 0 Å². The average molecular weight is 487 g/mol. The van der Waals surface area contributed by atoms with Crippen LogP contribution in [0.15, 0.2) is 73.3 Å². The maximum absolute atomic E-state index is 11.4. The molecular formula is C23H29F3N2O4S. The molecule has 0 fully saturated rings. The normalized spacial score (nSPS) is 11.8. The van der Waals surface area contributed by atoms with Crippen LogP contribution in [0, 0.1) is 0 Å². The molecule has 0 heterocycles. The molecule has 0 aliphatic heterocycles. The molecule has 2 aromatic carbocycles. The van der Waals surface area contributed by atoms with E-state index in [4.69, 9.17) is 13.0 Å². The first-order valence-electron chi connectivity index (χ1n) is 10.3. The minimum absolute atomic E-state index is 0.0966. The quantitative estimate of drug-likeness (QED) is 0.181. The summed E-state index contributed by atoms with van der Waals surface area (Å²) in [6.45, 7) is 10.5. The molecule has 0 bridgehead atoms. The minimum Gasteiger partial charge on any atom is -0.741 e. The summed E-state index contributed by atoms with van der Waals surface area (Å²) < 4.78 is 59.9. The van der Waals surface area contributed by atoms with E-state index in [1.165, 1.54) is 17.2 Å². The first-order valence-corrected chi connectivity index (χ1v) is 11.7. The van der Waals surface area contributed by atoms with E-state index in [-0.39, 0.29) is 5.91 Å². The number of carbonyl (C=O) groups is 1. The van der Waals surface area contributed by atoms with Crippen molar-refractivity contribution < 1.29 is 35.4 Å². The highest BCUT2D eigenvalue weighted by Crippen LogP contribution is 2.21. The highest BCUT2D eigenvalue weighted by molar-refractivity contribution is 7.86. The molecule has 0 saturated carbocycles. The van der Waals surface area contributed by atoms with E-state index in [1.54, 1.807) is 0 Å². The Bertz CT molecular complexity index is 925. The first kappa shape index (κ1) is 28.3. The number of halogens is 3. The van der Waals surface area contributed by atoms with Gasteiger partial charge < -0.3 is 14.4 Å². The van der Waals surface area contributed by atoms with Crippen molar-refractivity contribution in [2.75, 3.05) is 19.6 Å². The lowest BCUT2D eigenvalue weighted by Crippen LogP contribution is -2.47. The van der Waals surface area contributed by atoms with Crippen molar-refractivity contribution in [1.29, 1.82) is 0 Å². The van der Waals surface area contributed by atoms with Crippen LogP contribution in [0.3, 0.4) is 0 Å². The number of carbonyl (C=O) groups excluding carboxylic acids is 1. The van der Waals surface area contributed by atoms with E-state index >= 15 is 0 Å². The second kappa shape index (κ2) is 13.1. The molecule has 0 saturated heterocycles. The van der Waals surface area contributed by atoms with Crippen molar-refractivity contribution in [3.8, 4) is 0 Å². The smallest absolute Gasteiger partial charge is 0.485 e. The maximum Gasteiger partial charge on any atom is 0.485 e. The van der Waals surface area contributed by atoms with Crippen molar-refractivity contribution >= 4 is 16.0 Å². The van der Waals surface area contributed by atoms with Crippen molar-refractivity contribution in [3.05, 3.63) is 84.4 Å². The summed E-state index contributed by atoms with van der Waals surface area (Å²) in [6.07, 6.45) is 2.28.